The van der Waals surface area contributed by atoms with Crippen molar-refractivity contribution >= 4 is 16.9 Å². The molecule has 18 heavy (non-hydrogen) atoms. The summed E-state index contributed by atoms with van der Waals surface area (Å²) >= 11 is 0. The molecule has 5 nitrogen and oxygen atoms in total. The number of nitrogens with zero attached hydrogens (tertiary/aromatic N) is 3. The second kappa shape index (κ2) is 4.06. The predicted molar refractivity (Wildman–Crippen MR) is 66.6 cm³/mol. The Morgan fingerprint density at radius 2 is 2.17 bits per heavy atom. The Bertz CT molecular complexity index is 707. The third-order valence-corrected chi connectivity index (χ3v) is 2.66. The maximum Gasteiger partial charge on any atom is 0.144 e. The van der Waals surface area contributed by atoms with E-state index in [1.165, 1.54) is 12.3 Å². The van der Waals surface area contributed by atoms with Crippen molar-refractivity contribution in [3.05, 3.63) is 36.7 Å². The molecule has 90 valence electrons. The molecule has 0 atom stereocenters. The number of nitrogens with one attached hydrogen (secondary N) is 2. The average Bonchev–Trinajstić information content (AvgIpc) is 2.81. The van der Waals surface area contributed by atoms with Crippen molar-refractivity contribution in [2.75, 3.05) is 12.4 Å². The van der Waals surface area contributed by atoms with E-state index in [-0.39, 0.29) is 5.82 Å². The van der Waals surface area contributed by atoms with Crippen molar-refractivity contribution in [1.29, 1.82) is 0 Å². The number of hydrogen-bond acceptors (Lipinski definition) is 4. The van der Waals surface area contributed by atoms with E-state index in [4.69, 9.17) is 0 Å². The topological polar surface area (TPSA) is 66.5 Å². The fourth-order valence-electron chi connectivity index (χ4n) is 1.81. The summed E-state index contributed by atoms with van der Waals surface area (Å²) in [7, 11) is 1.77. The van der Waals surface area contributed by atoms with E-state index in [0.29, 0.717) is 22.5 Å². The van der Waals surface area contributed by atoms with Gasteiger partial charge < -0.3 is 10.3 Å². The van der Waals surface area contributed by atoms with Crippen LogP contribution >= 0.6 is 0 Å². The van der Waals surface area contributed by atoms with E-state index in [9.17, 15) is 4.39 Å². The quantitative estimate of drug-likeness (QED) is 0.724. The van der Waals surface area contributed by atoms with Crippen molar-refractivity contribution < 1.29 is 4.39 Å². The summed E-state index contributed by atoms with van der Waals surface area (Å²) < 4.78 is 13.2. The fourth-order valence-corrected chi connectivity index (χ4v) is 1.81. The van der Waals surface area contributed by atoms with Crippen LogP contribution in [0.25, 0.3) is 22.3 Å². The Hall–Kier alpha value is -2.50. The lowest BCUT2D eigenvalue weighted by Gasteiger charge is -2.01. The largest absolute Gasteiger partial charge is 0.372 e. The Kier molecular flexibility index (Phi) is 2.40. The first-order valence-electron chi connectivity index (χ1n) is 5.41. The zero-order valence-corrected chi connectivity index (χ0v) is 9.61. The number of H-pyrrole nitrogens is 1. The lowest BCUT2D eigenvalue weighted by molar-refractivity contribution is 0.624. The van der Waals surface area contributed by atoms with Gasteiger partial charge in [0.25, 0.3) is 0 Å². The van der Waals surface area contributed by atoms with Crippen LogP contribution in [0, 0.1) is 5.82 Å². The van der Waals surface area contributed by atoms with Gasteiger partial charge in [0.2, 0.25) is 0 Å². The standard InChI is InChI=1S/C12H10FN5/c1-14-11-6-15-5-10(18-11)9-4-17-12-8(9)2-7(13)3-16-12/h2-6H,1H3,(H,14,18)(H,16,17). The third kappa shape index (κ3) is 1.67. The third-order valence-electron chi connectivity index (χ3n) is 2.66. The van der Waals surface area contributed by atoms with Crippen molar-refractivity contribution in [2.45, 2.75) is 0 Å². The number of aromatic nitrogens is 4. The zero-order chi connectivity index (χ0) is 12.5. The van der Waals surface area contributed by atoms with Gasteiger partial charge in [-0.05, 0) is 6.07 Å². The van der Waals surface area contributed by atoms with Crippen LogP contribution in [0.2, 0.25) is 0 Å². The first-order valence-corrected chi connectivity index (χ1v) is 5.41. The van der Waals surface area contributed by atoms with Gasteiger partial charge in [0, 0.05) is 24.2 Å². The monoisotopic (exact) mass is 243 g/mol. The molecule has 0 aliphatic heterocycles. The Balaban J connectivity index is 2.21. The molecule has 0 amide bonds. The summed E-state index contributed by atoms with van der Waals surface area (Å²) in [6, 6.07) is 1.43. The van der Waals surface area contributed by atoms with Gasteiger partial charge in [-0.2, -0.15) is 0 Å². The van der Waals surface area contributed by atoms with Gasteiger partial charge in [0.05, 0.1) is 24.3 Å². The first kappa shape index (κ1) is 10.6. The van der Waals surface area contributed by atoms with Gasteiger partial charge >= 0.3 is 0 Å². The van der Waals surface area contributed by atoms with Crippen LogP contribution in [0.3, 0.4) is 0 Å². The molecule has 3 heterocycles. The van der Waals surface area contributed by atoms with Gasteiger partial charge in [0.15, 0.2) is 0 Å². The number of hydrogen-bond donors (Lipinski definition) is 2. The second-order valence-corrected chi connectivity index (χ2v) is 3.79. The van der Waals surface area contributed by atoms with Gasteiger partial charge in [-0.25, -0.2) is 14.4 Å². The molecule has 0 fully saturated rings. The second-order valence-electron chi connectivity index (χ2n) is 3.79. The number of fused-ring (bicyclic) bond motifs is 1. The smallest absolute Gasteiger partial charge is 0.144 e. The van der Waals surface area contributed by atoms with E-state index in [2.05, 4.69) is 25.3 Å². The van der Waals surface area contributed by atoms with Crippen LogP contribution in [0.1, 0.15) is 0 Å². The molecule has 0 aliphatic carbocycles. The van der Waals surface area contributed by atoms with Crippen molar-refractivity contribution in [1.82, 2.24) is 19.9 Å². The predicted octanol–water partition coefficient (Wildman–Crippen LogP) is 2.20. The molecule has 0 aliphatic rings. The van der Waals surface area contributed by atoms with Gasteiger partial charge in [-0.15, -0.1) is 0 Å². The highest BCUT2D eigenvalue weighted by atomic mass is 19.1. The Morgan fingerprint density at radius 3 is 3.00 bits per heavy atom. The molecular weight excluding hydrogens is 233 g/mol. The van der Waals surface area contributed by atoms with E-state index in [0.717, 1.165) is 5.56 Å². The number of aromatic amines is 1. The normalized spacial score (nSPS) is 10.8. The van der Waals surface area contributed by atoms with Gasteiger partial charge in [-0.1, -0.05) is 0 Å². The highest BCUT2D eigenvalue weighted by molar-refractivity contribution is 5.92. The minimum Gasteiger partial charge on any atom is -0.372 e. The highest BCUT2D eigenvalue weighted by Crippen LogP contribution is 2.26. The van der Waals surface area contributed by atoms with Crippen LogP contribution in [0.5, 0.6) is 0 Å². The summed E-state index contributed by atoms with van der Waals surface area (Å²) in [6.07, 6.45) is 6.18. The number of pyridine rings is 1. The average molecular weight is 243 g/mol. The summed E-state index contributed by atoms with van der Waals surface area (Å²) in [5.74, 6) is 0.285. The van der Waals surface area contributed by atoms with Crippen LogP contribution in [-0.4, -0.2) is 27.0 Å². The van der Waals surface area contributed by atoms with Crippen LogP contribution in [-0.2, 0) is 0 Å². The Morgan fingerprint density at radius 1 is 1.28 bits per heavy atom. The molecule has 2 N–H and O–H groups in total. The number of anilines is 1. The lowest BCUT2D eigenvalue weighted by Crippen LogP contribution is -1.94. The molecule has 3 rings (SSSR count). The van der Waals surface area contributed by atoms with E-state index >= 15 is 0 Å². The maximum atomic E-state index is 13.2. The van der Waals surface area contributed by atoms with Gasteiger partial charge in [0.1, 0.15) is 17.3 Å². The van der Waals surface area contributed by atoms with Crippen LogP contribution in [0.15, 0.2) is 30.9 Å². The molecule has 0 radical (unpaired) electrons. The molecule has 3 aromatic heterocycles. The molecule has 0 spiro atoms. The maximum absolute atomic E-state index is 13.2. The van der Waals surface area contributed by atoms with Crippen LogP contribution < -0.4 is 5.32 Å². The van der Waals surface area contributed by atoms with E-state index in [1.54, 1.807) is 25.6 Å². The molecule has 0 saturated carbocycles. The Labute approximate surface area is 102 Å². The SMILES string of the molecule is CNc1cncc(-c2c[nH]c3ncc(F)cc23)n1. The van der Waals surface area contributed by atoms with E-state index < -0.39 is 0 Å². The van der Waals surface area contributed by atoms with Gasteiger partial charge in [-0.3, -0.25) is 4.98 Å². The van der Waals surface area contributed by atoms with E-state index in [1.807, 2.05) is 0 Å². The molecular formula is C12H10FN5. The fraction of sp³-hybridized carbons (Fsp3) is 0.0833. The molecule has 0 unspecified atom stereocenters. The van der Waals surface area contributed by atoms with Crippen molar-refractivity contribution in [2.24, 2.45) is 0 Å². The number of rotatable bonds is 2. The minimum atomic E-state index is -0.374. The number of halogens is 1. The summed E-state index contributed by atoms with van der Waals surface area (Å²) in [5.41, 5.74) is 2.07. The molecule has 0 aromatic carbocycles. The van der Waals surface area contributed by atoms with Crippen molar-refractivity contribution in [3.63, 3.8) is 0 Å². The van der Waals surface area contributed by atoms with Crippen LogP contribution in [0.4, 0.5) is 10.2 Å². The first-order chi connectivity index (χ1) is 8.78. The minimum absolute atomic E-state index is 0.374. The highest BCUT2D eigenvalue weighted by Gasteiger charge is 2.10. The molecule has 3 aromatic rings. The summed E-state index contributed by atoms with van der Waals surface area (Å²) in [5, 5.41) is 3.61. The lowest BCUT2D eigenvalue weighted by atomic mass is 10.1. The molecule has 0 saturated heterocycles. The van der Waals surface area contributed by atoms with Crippen molar-refractivity contribution in [3.8, 4) is 11.3 Å². The molecule has 0 bridgehead atoms. The zero-order valence-electron chi connectivity index (χ0n) is 9.61. The molecule has 6 heteroatoms. The summed E-state index contributed by atoms with van der Waals surface area (Å²) in [6.45, 7) is 0. The summed E-state index contributed by atoms with van der Waals surface area (Å²) in [4.78, 5) is 15.4.